The lowest BCUT2D eigenvalue weighted by atomic mass is 10.0. The smallest absolute Gasteiger partial charge is 0.341 e. The minimum atomic E-state index is -0.415. The summed E-state index contributed by atoms with van der Waals surface area (Å²) in [6.07, 6.45) is 1.52. The molecule has 6 heteroatoms. The first kappa shape index (κ1) is 19.6. The summed E-state index contributed by atoms with van der Waals surface area (Å²) in [7, 11) is 1.55. The Morgan fingerprint density at radius 2 is 1.96 bits per heavy atom. The van der Waals surface area contributed by atoms with Gasteiger partial charge in [-0.25, -0.2) is 9.79 Å². The number of carbonyl (C=O) groups excluding carboxylic acids is 1. The number of hydrogen-bond acceptors (Lipinski definition) is 6. The van der Waals surface area contributed by atoms with Crippen LogP contribution in [-0.2, 0) is 4.74 Å². The predicted molar refractivity (Wildman–Crippen MR) is 112 cm³/mol. The zero-order valence-corrected chi connectivity index (χ0v) is 16.7. The number of ether oxygens (including phenoxy) is 2. The molecule has 2 aromatic carbocycles. The average molecular weight is 395 g/mol. The van der Waals surface area contributed by atoms with Gasteiger partial charge in [0.1, 0.15) is 22.1 Å². The van der Waals surface area contributed by atoms with Gasteiger partial charge in [0.05, 0.1) is 13.7 Å². The molecule has 0 saturated carbocycles. The van der Waals surface area contributed by atoms with Gasteiger partial charge in [0, 0.05) is 22.7 Å². The minimum absolute atomic E-state index is 0.0811. The molecule has 5 nitrogen and oxygen atoms in total. The molecule has 1 aromatic heterocycles. The van der Waals surface area contributed by atoms with Crippen LogP contribution in [0.2, 0.25) is 0 Å². The van der Waals surface area contributed by atoms with Gasteiger partial charge in [0.2, 0.25) is 0 Å². The van der Waals surface area contributed by atoms with E-state index in [1.807, 2.05) is 36.6 Å². The summed E-state index contributed by atoms with van der Waals surface area (Å²) in [5.74, 6) is 0.273. The summed E-state index contributed by atoms with van der Waals surface area (Å²) in [4.78, 5) is 17.1. The summed E-state index contributed by atoms with van der Waals surface area (Å²) >= 11 is 1.35. The van der Waals surface area contributed by atoms with E-state index < -0.39 is 5.97 Å². The zero-order chi connectivity index (χ0) is 20.1. The number of benzene rings is 2. The van der Waals surface area contributed by atoms with Crippen molar-refractivity contribution in [3.8, 4) is 22.6 Å². The summed E-state index contributed by atoms with van der Waals surface area (Å²) in [6.45, 7) is 4.06. The molecule has 0 amide bonds. The molecule has 3 rings (SSSR count). The minimum Gasteiger partial charge on any atom is -0.507 e. The first-order chi connectivity index (χ1) is 13.5. The van der Waals surface area contributed by atoms with Crippen molar-refractivity contribution >= 4 is 28.5 Å². The van der Waals surface area contributed by atoms with E-state index in [1.165, 1.54) is 17.6 Å². The van der Waals surface area contributed by atoms with Gasteiger partial charge < -0.3 is 14.6 Å². The molecule has 0 spiro atoms. The Morgan fingerprint density at radius 1 is 1.21 bits per heavy atom. The highest BCUT2D eigenvalue weighted by Gasteiger charge is 2.21. The Balaban J connectivity index is 2.03. The lowest BCUT2D eigenvalue weighted by Crippen LogP contribution is -2.05. The van der Waals surface area contributed by atoms with E-state index in [0.717, 1.165) is 16.7 Å². The summed E-state index contributed by atoms with van der Waals surface area (Å²) < 4.78 is 10.4. The van der Waals surface area contributed by atoms with Gasteiger partial charge >= 0.3 is 5.97 Å². The molecule has 0 aliphatic rings. The molecule has 0 aliphatic carbocycles. The van der Waals surface area contributed by atoms with E-state index in [-0.39, 0.29) is 12.4 Å². The number of hydrogen-bond donors (Lipinski definition) is 1. The molecule has 28 heavy (non-hydrogen) atoms. The molecular weight excluding hydrogens is 374 g/mol. The maximum Gasteiger partial charge on any atom is 0.341 e. The van der Waals surface area contributed by atoms with Gasteiger partial charge in [-0.3, -0.25) is 0 Å². The lowest BCUT2D eigenvalue weighted by Gasteiger charge is -2.06. The maximum atomic E-state index is 12.6. The molecule has 144 valence electrons. The number of thiophene rings is 1. The van der Waals surface area contributed by atoms with Gasteiger partial charge in [-0.15, -0.1) is 11.3 Å². The van der Waals surface area contributed by atoms with E-state index in [1.54, 1.807) is 32.2 Å². The van der Waals surface area contributed by atoms with Crippen LogP contribution in [0, 0.1) is 6.92 Å². The Kier molecular flexibility index (Phi) is 6.11. The second-order valence-corrected chi connectivity index (χ2v) is 6.96. The van der Waals surface area contributed by atoms with Crippen molar-refractivity contribution < 1.29 is 19.4 Å². The topological polar surface area (TPSA) is 68.1 Å². The van der Waals surface area contributed by atoms with Crippen LogP contribution < -0.4 is 4.74 Å². The predicted octanol–water partition coefficient (Wildman–Crippen LogP) is 5.37. The van der Waals surface area contributed by atoms with Crippen LogP contribution in [-0.4, -0.2) is 31.0 Å². The maximum absolute atomic E-state index is 12.6. The van der Waals surface area contributed by atoms with E-state index in [2.05, 4.69) is 4.99 Å². The Morgan fingerprint density at radius 3 is 2.64 bits per heavy atom. The molecule has 0 atom stereocenters. The van der Waals surface area contributed by atoms with Crippen molar-refractivity contribution in [2.24, 2.45) is 4.99 Å². The fourth-order valence-corrected chi connectivity index (χ4v) is 3.59. The number of phenolic OH excluding ortho intramolecular Hbond substituents is 1. The monoisotopic (exact) mass is 395 g/mol. The summed E-state index contributed by atoms with van der Waals surface area (Å²) in [6, 6.07) is 12.8. The molecular formula is C22H21NO4S. The number of aromatic hydroxyl groups is 1. The van der Waals surface area contributed by atoms with Crippen LogP contribution in [0.3, 0.4) is 0 Å². The van der Waals surface area contributed by atoms with Crippen molar-refractivity contribution in [2.45, 2.75) is 13.8 Å². The van der Waals surface area contributed by atoms with E-state index in [4.69, 9.17) is 9.47 Å². The third-order valence-electron chi connectivity index (χ3n) is 4.17. The molecule has 0 unspecified atom stereocenters. The van der Waals surface area contributed by atoms with Crippen molar-refractivity contribution in [2.75, 3.05) is 13.7 Å². The molecule has 0 bridgehead atoms. The highest BCUT2D eigenvalue weighted by atomic mass is 32.1. The standard InChI is InChI=1S/C22H21NO4S/c1-4-27-22(25)20-18(15-7-5-14(2)6-8-15)13-28-21(20)23-12-16-11-17(26-3)9-10-19(16)24/h5-13,24H,4H2,1-3H3/b23-12+. The molecule has 3 aromatic rings. The quantitative estimate of drug-likeness (QED) is 0.450. The number of methoxy groups -OCH3 is 1. The fourth-order valence-electron chi connectivity index (χ4n) is 2.68. The number of rotatable bonds is 6. The third-order valence-corrected chi connectivity index (χ3v) is 5.06. The van der Waals surface area contributed by atoms with Crippen LogP contribution in [0.4, 0.5) is 5.00 Å². The van der Waals surface area contributed by atoms with E-state index in [9.17, 15) is 9.90 Å². The highest BCUT2D eigenvalue weighted by Crippen LogP contribution is 2.38. The summed E-state index contributed by atoms with van der Waals surface area (Å²) in [5, 5.41) is 12.5. The van der Waals surface area contributed by atoms with Gasteiger partial charge in [0.15, 0.2) is 0 Å². The van der Waals surface area contributed by atoms with Crippen LogP contribution >= 0.6 is 11.3 Å². The second-order valence-electron chi connectivity index (χ2n) is 6.10. The van der Waals surface area contributed by atoms with E-state index in [0.29, 0.717) is 21.9 Å². The Hall–Kier alpha value is -3.12. The van der Waals surface area contributed by atoms with Gasteiger partial charge in [-0.1, -0.05) is 29.8 Å². The van der Waals surface area contributed by atoms with Crippen molar-refractivity contribution in [3.05, 3.63) is 64.5 Å². The SMILES string of the molecule is CCOC(=O)c1c(-c2ccc(C)cc2)csc1/N=C/c1cc(OC)ccc1O. The van der Waals surface area contributed by atoms with Crippen LogP contribution in [0.15, 0.2) is 52.8 Å². The molecule has 0 aliphatic heterocycles. The molecule has 0 radical (unpaired) electrons. The highest BCUT2D eigenvalue weighted by molar-refractivity contribution is 7.14. The zero-order valence-electron chi connectivity index (χ0n) is 15.9. The van der Waals surface area contributed by atoms with Gasteiger partial charge in [0.25, 0.3) is 0 Å². The third kappa shape index (κ3) is 4.23. The van der Waals surface area contributed by atoms with Gasteiger partial charge in [-0.05, 0) is 37.6 Å². The number of nitrogens with zero attached hydrogens (tertiary/aromatic N) is 1. The number of aliphatic imine (C=N–C) groups is 1. The Bertz CT molecular complexity index is 1010. The van der Waals surface area contributed by atoms with E-state index >= 15 is 0 Å². The number of carbonyl (C=O) groups is 1. The van der Waals surface area contributed by atoms with Crippen molar-refractivity contribution in [3.63, 3.8) is 0 Å². The van der Waals surface area contributed by atoms with Crippen molar-refractivity contribution in [1.29, 1.82) is 0 Å². The lowest BCUT2D eigenvalue weighted by molar-refractivity contribution is 0.0529. The first-order valence-corrected chi connectivity index (χ1v) is 9.68. The fraction of sp³-hybridized carbons (Fsp3) is 0.182. The Labute approximate surface area is 167 Å². The number of phenols is 1. The molecule has 1 N–H and O–H groups in total. The van der Waals surface area contributed by atoms with Crippen LogP contribution in [0.5, 0.6) is 11.5 Å². The molecule has 0 fully saturated rings. The number of esters is 1. The van der Waals surface area contributed by atoms with Crippen LogP contribution in [0.1, 0.15) is 28.4 Å². The summed E-state index contributed by atoms with van der Waals surface area (Å²) in [5.41, 5.74) is 3.78. The molecule has 1 heterocycles. The largest absolute Gasteiger partial charge is 0.507 e. The second kappa shape index (κ2) is 8.71. The van der Waals surface area contributed by atoms with Crippen LogP contribution in [0.25, 0.3) is 11.1 Å². The van der Waals surface area contributed by atoms with Crippen molar-refractivity contribution in [1.82, 2.24) is 0 Å². The average Bonchev–Trinajstić information content (AvgIpc) is 3.12. The molecule has 0 saturated heterocycles. The van der Waals surface area contributed by atoms with Gasteiger partial charge in [-0.2, -0.15) is 0 Å². The normalized spacial score (nSPS) is 11.0. The number of aryl methyl sites for hydroxylation is 1. The first-order valence-electron chi connectivity index (χ1n) is 8.80.